The molecule has 1 saturated heterocycles. The Morgan fingerprint density at radius 3 is 2.52 bits per heavy atom. The van der Waals surface area contributed by atoms with E-state index < -0.39 is 6.04 Å². The molecule has 0 bridgehead atoms. The molecule has 114 valence electrons. The molecule has 2 amide bonds. The third-order valence-corrected chi connectivity index (χ3v) is 3.99. The number of piperazine rings is 1. The van der Waals surface area contributed by atoms with Crippen molar-refractivity contribution in [1.29, 1.82) is 0 Å². The minimum atomic E-state index is -0.510. The van der Waals surface area contributed by atoms with Crippen LogP contribution in [0.1, 0.15) is 37.9 Å². The number of rotatable bonds is 3. The van der Waals surface area contributed by atoms with Gasteiger partial charge in [-0.05, 0) is 37.0 Å². The summed E-state index contributed by atoms with van der Waals surface area (Å²) in [6.45, 7) is 7.31. The number of carbonyl (C=O) groups excluding carboxylic acids is 2. The summed E-state index contributed by atoms with van der Waals surface area (Å²) < 4.78 is 13.7. The molecule has 2 atom stereocenters. The predicted molar refractivity (Wildman–Crippen MR) is 78.0 cm³/mol. The molecule has 4 nitrogen and oxygen atoms in total. The van der Waals surface area contributed by atoms with Crippen LogP contribution >= 0.6 is 0 Å². The van der Waals surface area contributed by atoms with Gasteiger partial charge in [-0.1, -0.05) is 26.0 Å². The van der Waals surface area contributed by atoms with E-state index >= 15 is 0 Å². The van der Waals surface area contributed by atoms with Crippen LogP contribution < -0.4 is 5.32 Å². The molecule has 1 fully saturated rings. The van der Waals surface area contributed by atoms with E-state index in [-0.39, 0.29) is 36.1 Å². The maximum atomic E-state index is 13.7. The highest BCUT2D eigenvalue weighted by atomic mass is 19.1. The zero-order valence-electron chi connectivity index (χ0n) is 12.8. The smallest absolute Gasteiger partial charge is 0.246 e. The van der Waals surface area contributed by atoms with Crippen LogP contribution in [-0.4, -0.2) is 29.3 Å². The molecule has 0 aliphatic carbocycles. The van der Waals surface area contributed by atoms with Gasteiger partial charge in [-0.2, -0.15) is 0 Å². The number of benzene rings is 1. The Labute approximate surface area is 124 Å². The van der Waals surface area contributed by atoms with Crippen molar-refractivity contribution in [2.75, 3.05) is 6.54 Å². The summed E-state index contributed by atoms with van der Waals surface area (Å²) >= 11 is 0. The van der Waals surface area contributed by atoms with E-state index in [1.165, 1.54) is 11.0 Å². The van der Waals surface area contributed by atoms with Crippen molar-refractivity contribution in [1.82, 2.24) is 10.2 Å². The highest BCUT2D eigenvalue weighted by molar-refractivity contribution is 5.95. The van der Waals surface area contributed by atoms with Gasteiger partial charge < -0.3 is 10.2 Å². The first-order chi connectivity index (χ1) is 9.81. The molecule has 1 aliphatic heterocycles. The molecule has 0 spiro atoms. The number of hydrogen-bond donors (Lipinski definition) is 1. The Kier molecular flexibility index (Phi) is 4.30. The van der Waals surface area contributed by atoms with E-state index in [9.17, 15) is 14.0 Å². The average molecular weight is 292 g/mol. The minimum Gasteiger partial charge on any atom is -0.343 e. The first-order valence-electron chi connectivity index (χ1n) is 7.17. The second kappa shape index (κ2) is 5.84. The van der Waals surface area contributed by atoms with Crippen LogP contribution in [0.3, 0.4) is 0 Å². The third-order valence-electron chi connectivity index (χ3n) is 3.99. The Morgan fingerprint density at radius 1 is 1.29 bits per heavy atom. The Balaban J connectivity index is 2.28. The number of amides is 2. The molecule has 1 aromatic carbocycles. The topological polar surface area (TPSA) is 49.4 Å². The standard InChI is InChI=1S/C16H21FN2O2/c1-9(2)15-16(21)19(8-14(20)18-15)11(4)12-6-5-10(3)13(17)7-12/h5-7,9,11,15H,8H2,1-4H3,(H,18,20). The highest BCUT2D eigenvalue weighted by Crippen LogP contribution is 2.25. The molecule has 5 heteroatoms. The number of nitrogens with one attached hydrogen (secondary N) is 1. The second-order valence-electron chi connectivity index (χ2n) is 5.94. The first-order valence-corrected chi connectivity index (χ1v) is 7.17. The summed E-state index contributed by atoms with van der Waals surface area (Å²) in [6, 6.07) is 4.08. The van der Waals surface area contributed by atoms with Gasteiger partial charge in [0, 0.05) is 0 Å². The molecule has 21 heavy (non-hydrogen) atoms. The lowest BCUT2D eigenvalue weighted by Gasteiger charge is -2.38. The highest BCUT2D eigenvalue weighted by Gasteiger charge is 2.37. The average Bonchev–Trinajstić information content (AvgIpc) is 2.43. The lowest BCUT2D eigenvalue weighted by Crippen LogP contribution is -2.60. The van der Waals surface area contributed by atoms with Crippen LogP contribution in [0.5, 0.6) is 0 Å². The maximum Gasteiger partial charge on any atom is 0.246 e. The normalized spacial score (nSPS) is 20.7. The van der Waals surface area contributed by atoms with Crippen molar-refractivity contribution in [3.63, 3.8) is 0 Å². The molecule has 1 heterocycles. The summed E-state index contributed by atoms with van der Waals surface area (Å²) in [5.74, 6) is -0.564. The van der Waals surface area contributed by atoms with Crippen LogP contribution in [0.15, 0.2) is 18.2 Å². The summed E-state index contributed by atoms with van der Waals surface area (Å²) in [4.78, 5) is 25.8. The van der Waals surface area contributed by atoms with Crippen LogP contribution in [0, 0.1) is 18.7 Å². The maximum absolute atomic E-state index is 13.7. The molecule has 0 saturated carbocycles. The van der Waals surface area contributed by atoms with Gasteiger partial charge in [0.25, 0.3) is 0 Å². The van der Waals surface area contributed by atoms with Crippen molar-refractivity contribution in [2.45, 2.75) is 39.8 Å². The van der Waals surface area contributed by atoms with Gasteiger partial charge in [0.15, 0.2) is 0 Å². The van der Waals surface area contributed by atoms with E-state index in [2.05, 4.69) is 5.32 Å². The van der Waals surface area contributed by atoms with Crippen LogP contribution in [-0.2, 0) is 9.59 Å². The minimum absolute atomic E-state index is 0.0126. The first kappa shape index (κ1) is 15.5. The molecule has 1 aliphatic rings. The van der Waals surface area contributed by atoms with Crippen LogP contribution in [0.4, 0.5) is 4.39 Å². The second-order valence-corrected chi connectivity index (χ2v) is 5.94. The molecule has 1 aromatic rings. The molecular formula is C16H21FN2O2. The number of nitrogens with zero attached hydrogens (tertiary/aromatic N) is 1. The van der Waals surface area contributed by atoms with Crippen LogP contribution in [0.25, 0.3) is 0 Å². The molecule has 0 aromatic heterocycles. The predicted octanol–water partition coefficient (Wildman–Crippen LogP) is 2.18. The fourth-order valence-electron chi connectivity index (χ4n) is 2.52. The van der Waals surface area contributed by atoms with Crippen LogP contribution in [0.2, 0.25) is 0 Å². The lowest BCUT2D eigenvalue weighted by atomic mass is 9.97. The van der Waals surface area contributed by atoms with Gasteiger partial charge in [0.05, 0.1) is 6.04 Å². The van der Waals surface area contributed by atoms with E-state index in [1.54, 1.807) is 19.1 Å². The fraction of sp³-hybridized carbons (Fsp3) is 0.500. The monoisotopic (exact) mass is 292 g/mol. The molecule has 1 N–H and O–H groups in total. The van der Waals surface area contributed by atoms with Gasteiger partial charge in [-0.3, -0.25) is 9.59 Å². The lowest BCUT2D eigenvalue weighted by molar-refractivity contribution is -0.147. The Bertz CT molecular complexity index is 571. The van der Waals surface area contributed by atoms with Crippen molar-refractivity contribution < 1.29 is 14.0 Å². The SMILES string of the molecule is Cc1ccc(C(C)N2CC(=O)NC(C(C)C)C2=O)cc1F. The van der Waals surface area contributed by atoms with Gasteiger partial charge in [-0.25, -0.2) is 4.39 Å². The summed E-state index contributed by atoms with van der Waals surface area (Å²) in [6.07, 6.45) is 0. The quantitative estimate of drug-likeness (QED) is 0.928. The van der Waals surface area contributed by atoms with Crippen molar-refractivity contribution >= 4 is 11.8 Å². The van der Waals surface area contributed by atoms with E-state index in [0.29, 0.717) is 11.1 Å². The number of carbonyl (C=O) groups is 2. The number of hydrogen-bond acceptors (Lipinski definition) is 2. The van der Waals surface area contributed by atoms with E-state index in [4.69, 9.17) is 0 Å². The Morgan fingerprint density at radius 2 is 1.95 bits per heavy atom. The molecule has 2 rings (SSSR count). The zero-order valence-corrected chi connectivity index (χ0v) is 12.8. The largest absolute Gasteiger partial charge is 0.343 e. The van der Waals surface area contributed by atoms with Crippen molar-refractivity contribution in [3.05, 3.63) is 35.1 Å². The Hall–Kier alpha value is -1.91. The summed E-state index contributed by atoms with van der Waals surface area (Å²) in [7, 11) is 0. The summed E-state index contributed by atoms with van der Waals surface area (Å²) in [5.41, 5.74) is 1.26. The van der Waals surface area contributed by atoms with E-state index in [0.717, 1.165) is 0 Å². The van der Waals surface area contributed by atoms with Crippen molar-refractivity contribution in [2.24, 2.45) is 5.92 Å². The fourth-order valence-corrected chi connectivity index (χ4v) is 2.52. The third kappa shape index (κ3) is 3.06. The van der Waals surface area contributed by atoms with Gasteiger partial charge in [0.2, 0.25) is 11.8 Å². The zero-order chi connectivity index (χ0) is 15.7. The van der Waals surface area contributed by atoms with Gasteiger partial charge in [-0.15, -0.1) is 0 Å². The molecule has 0 radical (unpaired) electrons. The van der Waals surface area contributed by atoms with Gasteiger partial charge >= 0.3 is 0 Å². The van der Waals surface area contributed by atoms with Crippen molar-refractivity contribution in [3.8, 4) is 0 Å². The molecule has 2 unspecified atom stereocenters. The van der Waals surface area contributed by atoms with Gasteiger partial charge in [0.1, 0.15) is 18.4 Å². The summed E-state index contributed by atoms with van der Waals surface area (Å²) in [5, 5.41) is 2.72. The number of aryl methyl sites for hydroxylation is 1. The van der Waals surface area contributed by atoms with E-state index in [1.807, 2.05) is 20.8 Å². The number of halogens is 1. The molecular weight excluding hydrogens is 271 g/mol.